The van der Waals surface area contributed by atoms with Crippen molar-refractivity contribution in [1.82, 2.24) is 9.97 Å². The highest BCUT2D eigenvalue weighted by atomic mass is 19.4. The molecule has 0 saturated heterocycles. The molecule has 0 saturated carbocycles. The first-order chi connectivity index (χ1) is 10.8. The lowest BCUT2D eigenvalue weighted by Crippen LogP contribution is -2.21. The van der Waals surface area contributed by atoms with Crippen LogP contribution in [0.25, 0.3) is 0 Å². The van der Waals surface area contributed by atoms with E-state index in [0.717, 1.165) is 11.8 Å². The molecule has 0 bridgehead atoms. The van der Waals surface area contributed by atoms with Crippen molar-refractivity contribution >= 4 is 5.78 Å². The number of alkyl halides is 3. The zero-order valence-corrected chi connectivity index (χ0v) is 12.1. The molecule has 0 aromatic carbocycles. The Hall–Kier alpha value is -2.64. The number of aromatic amines is 1. The lowest BCUT2D eigenvalue weighted by atomic mass is 10.0. The molecule has 0 radical (unpaired) electrons. The van der Waals surface area contributed by atoms with E-state index in [1.54, 1.807) is 13.0 Å². The number of nitrogens with one attached hydrogen (secondary N) is 1. The molecule has 5 nitrogen and oxygen atoms in total. The highest BCUT2D eigenvalue weighted by molar-refractivity contribution is 5.99. The topological polar surface area (TPSA) is 72.0 Å². The zero-order chi connectivity index (χ0) is 17.0. The van der Waals surface area contributed by atoms with Crippen LogP contribution in [0.15, 0.2) is 35.5 Å². The van der Waals surface area contributed by atoms with Crippen LogP contribution in [0.2, 0.25) is 0 Å². The van der Waals surface area contributed by atoms with E-state index in [1.807, 2.05) is 0 Å². The summed E-state index contributed by atoms with van der Waals surface area (Å²) in [5.41, 5.74) is 0.519. The lowest BCUT2D eigenvalue weighted by Gasteiger charge is -2.12. The number of aromatic nitrogens is 2. The van der Waals surface area contributed by atoms with E-state index in [9.17, 15) is 22.8 Å². The smallest absolute Gasteiger partial charge is 0.422 e. The molecule has 0 atom stereocenters. The number of halogens is 3. The fourth-order valence-corrected chi connectivity index (χ4v) is 1.94. The second kappa shape index (κ2) is 6.64. The highest BCUT2D eigenvalue weighted by Gasteiger charge is 2.29. The van der Waals surface area contributed by atoms with Crippen LogP contribution in [0.5, 0.6) is 5.75 Å². The van der Waals surface area contributed by atoms with Gasteiger partial charge in [0.05, 0.1) is 11.8 Å². The Morgan fingerprint density at radius 1 is 1.39 bits per heavy atom. The van der Waals surface area contributed by atoms with Crippen molar-refractivity contribution in [1.29, 1.82) is 0 Å². The van der Waals surface area contributed by atoms with Crippen molar-refractivity contribution in [2.45, 2.75) is 19.5 Å². The Morgan fingerprint density at radius 2 is 2.13 bits per heavy atom. The molecule has 8 heteroatoms. The third kappa shape index (κ3) is 4.67. The summed E-state index contributed by atoms with van der Waals surface area (Å²) in [4.78, 5) is 30.1. The summed E-state index contributed by atoms with van der Waals surface area (Å²) < 4.78 is 41.3. The van der Waals surface area contributed by atoms with E-state index in [0.29, 0.717) is 0 Å². The molecule has 2 aromatic heterocycles. The van der Waals surface area contributed by atoms with Crippen LogP contribution in [0, 0.1) is 6.92 Å². The van der Waals surface area contributed by atoms with Crippen LogP contribution in [-0.4, -0.2) is 28.5 Å². The van der Waals surface area contributed by atoms with E-state index in [2.05, 4.69) is 14.7 Å². The number of hydrogen-bond acceptors (Lipinski definition) is 4. The molecule has 2 heterocycles. The number of ketones is 1. The summed E-state index contributed by atoms with van der Waals surface area (Å²) in [7, 11) is 0. The van der Waals surface area contributed by atoms with Crippen LogP contribution in [0.3, 0.4) is 0 Å². The Morgan fingerprint density at radius 3 is 2.83 bits per heavy atom. The number of aryl methyl sites for hydroxylation is 1. The van der Waals surface area contributed by atoms with Crippen molar-refractivity contribution in [2.75, 3.05) is 6.61 Å². The molecule has 0 aliphatic heterocycles. The fraction of sp³-hybridized carbons (Fsp3) is 0.267. The third-order valence-electron chi connectivity index (χ3n) is 2.95. The number of ether oxygens (including phenoxy) is 1. The van der Waals surface area contributed by atoms with Crippen LogP contribution < -0.4 is 10.3 Å². The molecule has 122 valence electrons. The Balaban J connectivity index is 2.22. The predicted molar refractivity (Wildman–Crippen MR) is 75.6 cm³/mol. The van der Waals surface area contributed by atoms with Crippen molar-refractivity contribution < 1.29 is 22.7 Å². The maximum Gasteiger partial charge on any atom is 0.422 e. The molecule has 0 spiro atoms. The van der Waals surface area contributed by atoms with Crippen molar-refractivity contribution in [3.8, 4) is 5.75 Å². The molecule has 2 rings (SSSR count). The van der Waals surface area contributed by atoms with E-state index in [4.69, 9.17) is 0 Å². The van der Waals surface area contributed by atoms with Gasteiger partial charge in [0.2, 0.25) is 0 Å². The molecule has 0 amide bonds. The SMILES string of the molecule is Cc1c[nH]c(=O)c(CC(=O)c2ccncc2OCC(F)(F)F)c1. The van der Waals surface area contributed by atoms with E-state index in [1.165, 1.54) is 18.5 Å². The molecular weight excluding hydrogens is 313 g/mol. The molecule has 0 aliphatic rings. The van der Waals surface area contributed by atoms with E-state index < -0.39 is 24.1 Å². The average molecular weight is 326 g/mol. The van der Waals surface area contributed by atoms with Crippen molar-refractivity contribution in [3.05, 3.63) is 57.8 Å². The first kappa shape index (κ1) is 16.7. The van der Waals surface area contributed by atoms with Gasteiger partial charge < -0.3 is 9.72 Å². The number of carbonyl (C=O) groups excluding carboxylic acids is 1. The number of H-pyrrole nitrogens is 1. The monoisotopic (exact) mass is 326 g/mol. The summed E-state index contributed by atoms with van der Waals surface area (Å²) in [5, 5.41) is 0. The Bertz CT molecular complexity index is 769. The van der Waals surface area contributed by atoms with Gasteiger partial charge in [0.25, 0.3) is 5.56 Å². The highest BCUT2D eigenvalue weighted by Crippen LogP contribution is 2.22. The van der Waals surface area contributed by atoms with Gasteiger partial charge in [0.15, 0.2) is 12.4 Å². The maximum absolute atomic E-state index is 12.3. The fourth-order valence-electron chi connectivity index (χ4n) is 1.94. The third-order valence-corrected chi connectivity index (χ3v) is 2.95. The van der Waals surface area contributed by atoms with Gasteiger partial charge in [0, 0.05) is 24.4 Å². The van der Waals surface area contributed by atoms with Gasteiger partial charge in [-0.25, -0.2) is 0 Å². The molecule has 2 aromatic rings. The number of rotatable bonds is 5. The number of nitrogens with zero attached hydrogens (tertiary/aromatic N) is 1. The largest absolute Gasteiger partial charge is 0.482 e. The van der Waals surface area contributed by atoms with Gasteiger partial charge in [-0.2, -0.15) is 13.2 Å². The number of carbonyl (C=O) groups is 1. The normalized spacial score (nSPS) is 11.3. The van der Waals surface area contributed by atoms with Crippen LogP contribution in [0.4, 0.5) is 13.2 Å². The van der Waals surface area contributed by atoms with Gasteiger partial charge in [-0.3, -0.25) is 14.6 Å². The van der Waals surface area contributed by atoms with Crippen molar-refractivity contribution in [3.63, 3.8) is 0 Å². The van der Waals surface area contributed by atoms with Gasteiger partial charge in [-0.1, -0.05) is 0 Å². The number of Topliss-reactive ketones (excluding diaryl/α,β-unsaturated/α-hetero) is 1. The Kier molecular flexibility index (Phi) is 4.83. The minimum absolute atomic E-state index is 0.0508. The first-order valence-corrected chi connectivity index (χ1v) is 6.61. The molecule has 0 aliphatic carbocycles. The Labute approximate surface area is 129 Å². The summed E-state index contributed by atoms with van der Waals surface area (Å²) in [6.07, 6.45) is -0.957. The summed E-state index contributed by atoms with van der Waals surface area (Å²) in [6, 6.07) is 2.81. The summed E-state index contributed by atoms with van der Waals surface area (Å²) in [5.74, 6) is -0.792. The summed E-state index contributed by atoms with van der Waals surface area (Å²) >= 11 is 0. The summed E-state index contributed by atoms with van der Waals surface area (Å²) in [6.45, 7) is 0.220. The predicted octanol–water partition coefficient (Wildman–Crippen LogP) is 2.44. The van der Waals surface area contributed by atoms with Gasteiger partial charge in [-0.15, -0.1) is 0 Å². The number of hydrogen-bond donors (Lipinski definition) is 1. The van der Waals surface area contributed by atoms with Crippen LogP contribution in [-0.2, 0) is 6.42 Å². The van der Waals surface area contributed by atoms with Crippen molar-refractivity contribution in [2.24, 2.45) is 0 Å². The lowest BCUT2D eigenvalue weighted by molar-refractivity contribution is -0.153. The van der Waals surface area contributed by atoms with Gasteiger partial charge in [0.1, 0.15) is 5.75 Å². The standard InChI is InChI=1S/C15H13F3N2O3/c1-9-4-10(14(22)20-6-9)5-12(21)11-2-3-19-7-13(11)23-8-15(16,17)18/h2-4,6-7H,5,8H2,1H3,(H,20,22). The van der Waals surface area contributed by atoms with Gasteiger partial charge >= 0.3 is 6.18 Å². The molecular formula is C15H13F3N2O3. The molecule has 0 fully saturated rings. The minimum atomic E-state index is -4.52. The molecule has 23 heavy (non-hydrogen) atoms. The first-order valence-electron chi connectivity index (χ1n) is 6.61. The van der Waals surface area contributed by atoms with E-state index in [-0.39, 0.29) is 23.3 Å². The minimum Gasteiger partial charge on any atom is -0.482 e. The number of pyridine rings is 2. The zero-order valence-electron chi connectivity index (χ0n) is 12.1. The second-order valence-electron chi connectivity index (χ2n) is 4.91. The second-order valence-corrected chi connectivity index (χ2v) is 4.91. The quantitative estimate of drug-likeness (QED) is 0.857. The maximum atomic E-state index is 12.3. The molecule has 0 unspecified atom stereocenters. The molecule has 1 N–H and O–H groups in total. The average Bonchev–Trinajstić information content (AvgIpc) is 2.48. The van der Waals surface area contributed by atoms with Crippen LogP contribution in [0.1, 0.15) is 21.5 Å². The van der Waals surface area contributed by atoms with E-state index >= 15 is 0 Å². The van der Waals surface area contributed by atoms with Gasteiger partial charge in [-0.05, 0) is 24.6 Å². The van der Waals surface area contributed by atoms with Crippen LogP contribution >= 0.6 is 0 Å².